The molecule has 2 heterocycles. The number of H-pyrrole nitrogens is 1. The number of carbonyl (C=O) groups is 15. The largest absolute Gasteiger partial charge is 0.480 e. The number of carboxylic acid groups (broad SMARTS) is 1. The van der Waals surface area contributed by atoms with E-state index >= 15 is 0 Å². The number of nitrogens with two attached hydrogens (primary N) is 2. The molecule has 33 heteroatoms. The predicted molar refractivity (Wildman–Crippen MR) is 416 cm³/mol. The lowest BCUT2D eigenvalue weighted by Crippen LogP contribution is -2.61. The summed E-state index contributed by atoms with van der Waals surface area (Å²) in [5.74, 6) is -12.4. The summed E-state index contributed by atoms with van der Waals surface area (Å²) < 4.78 is 0. The molecule has 1 saturated heterocycles. The fourth-order valence-corrected chi connectivity index (χ4v) is 13.3. The normalized spacial score (nSPS) is 16.0. The molecule has 2 aromatic carbocycles. The first kappa shape index (κ1) is 94.5. The number of primary amides is 2. The number of aromatic amines is 1. The number of benzene rings is 2. The molecule has 1 fully saturated rings. The second-order valence-electron chi connectivity index (χ2n) is 30.5. The maximum Gasteiger partial charge on any atom is 0.326 e. The Morgan fingerprint density at radius 1 is 0.491 bits per heavy atom. The van der Waals surface area contributed by atoms with Gasteiger partial charge in [0.15, 0.2) is 0 Å². The summed E-state index contributed by atoms with van der Waals surface area (Å²) in [4.78, 5) is 204. The average Bonchev–Trinajstić information content (AvgIpc) is 1.67. The number of aldehydes is 1. The van der Waals surface area contributed by atoms with Crippen LogP contribution in [-0.4, -0.2) is 211 Å². The number of likely N-dealkylation sites (tertiary alicyclic amines) is 1. The quantitative estimate of drug-likeness (QED) is 0.0282. The number of fused-ring (bicyclic) bond motifs is 1. The summed E-state index contributed by atoms with van der Waals surface area (Å²) in [7, 11) is 0. The van der Waals surface area contributed by atoms with Gasteiger partial charge in [0.1, 0.15) is 66.7 Å². The van der Waals surface area contributed by atoms with Gasteiger partial charge in [-0.25, -0.2) is 4.79 Å². The molecule has 0 spiro atoms. The molecule has 3 aromatic rings. The Bertz CT molecular complexity index is 3590. The van der Waals surface area contributed by atoms with Crippen LogP contribution in [0.5, 0.6) is 0 Å². The minimum Gasteiger partial charge on any atom is -0.480 e. The molecule has 0 bridgehead atoms. The van der Waals surface area contributed by atoms with Crippen LogP contribution in [0.4, 0.5) is 0 Å². The third-order valence-corrected chi connectivity index (χ3v) is 19.3. The zero-order chi connectivity index (χ0) is 83.1. The van der Waals surface area contributed by atoms with Gasteiger partial charge in [-0.15, -0.1) is 0 Å². The van der Waals surface area contributed by atoms with Gasteiger partial charge in [0.05, 0.1) is 31.3 Å². The Labute approximate surface area is 655 Å². The SMILES string of the molecule is CC(C)C[C@H](NC(=O)[C@H](CCC(N)=O)NC(=O)[C@@H]1CCCN1C(=O)CCCCCCCCCCCCCCC(=O)N[C@@H](CO)C(=O)N[C@H](C(=O)N[C@@H](CC(C)C)C(=O)N[C@@H](CC(N)=O)C(=O)N[C@H](C=O)Cc1ccccc1)C(C)O)C(=O)N[C@H](C(=O)N[C@@H](CC(C)C)C(=O)N[C@@H](Cc1c[nH]c2ccccc12)C(=O)O)[C@@H](C)O. The number of aliphatic carboxylic acids is 1. The predicted octanol–water partition coefficient (Wildman–Crippen LogP) is 1.57. The number of carboxylic acids is 1. The molecule has 19 N–H and O–H groups in total. The number of aromatic nitrogens is 1. The molecule has 0 saturated carbocycles. The van der Waals surface area contributed by atoms with Gasteiger partial charge >= 0.3 is 5.97 Å². The van der Waals surface area contributed by atoms with Crippen LogP contribution in [0, 0.1) is 17.8 Å². The second kappa shape index (κ2) is 49.5. The number of rotatable bonds is 54. The van der Waals surface area contributed by atoms with Crippen molar-refractivity contribution < 1.29 is 92.3 Å². The van der Waals surface area contributed by atoms with E-state index in [4.69, 9.17) is 11.5 Å². The fraction of sp³-hybridized carbons (Fsp3) is 0.633. The summed E-state index contributed by atoms with van der Waals surface area (Å²) in [6, 6.07) is 0.953. The van der Waals surface area contributed by atoms with Gasteiger partial charge < -0.3 is 99.7 Å². The number of amides is 13. The van der Waals surface area contributed by atoms with Crippen molar-refractivity contribution in [2.45, 2.75) is 288 Å². The molecule has 0 aliphatic carbocycles. The summed E-state index contributed by atoms with van der Waals surface area (Å²) in [5.41, 5.74) is 13.0. The minimum atomic E-state index is -1.67. The molecule has 1 aliphatic heterocycles. The van der Waals surface area contributed by atoms with Crippen molar-refractivity contribution in [3.8, 4) is 0 Å². The van der Waals surface area contributed by atoms with E-state index < -0.39 is 169 Å². The van der Waals surface area contributed by atoms with Crippen molar-refractivity contribution in [2.24, 2.45) is 29.2 Å². The van der Waals surface area contributed by atoms with E-state index in [-0.39, 0.29) is 81.4 Å². The Morgan fingerprint density at radius 2 is 0.938 bits per heavy atom. The molecular weight excluding hydrogens is 1450 g/mol. The lowest BCUT2D eigenvalue weighted by atomic mass is 9.99. The fourth-order valence-electron chi connectivity index (χ4n) is 13.3. The minimum absolute atomic E-state index is 0.00339. The summed E-state index contributed by atoms with van der Waals surface area (Å²) in [6.07, 6.45) is 9.24. The van der Waals surface area contributed by atoms with Crippen molar-refractivity contribution in [1.82, 2.24) is 63.1 Å². The average molecular weight is 1570 g/mol. The number of nitrogens with one attached hydrogen (secondary N) is 11. The lowest BCUT2D eigenvalue weighted by Gasteiger charge is -2.29. The van der Waals surface area contributed by atoms with Gasteiger partial charge in [-0.05, 0) is 107 Å². The van der Waals surface area contributed by atoms with Gasteiger partial charge in [-0.1, -0.05) is 154 Å². The van der Waals surface area contributed by atoms with Gasteiger partial charge in [0.2, 0.25) is 76.8 Å². The summed E-state index contributed by atoms with van der Waals surface area (Å²) in [5, 5.41) is 67.7. The maximum absolute atomic E-state index is 14.2. The highest BCUT2D eigenvalue weighted by Crippen LogP contribution is 2.23. The van der Waals surface area contributed by atoms with Crippen molar-refractivity contribution in [3.05, 3.63) is 71.9 Å². The third kappa shape index (κ3) is 34.0. The number of aliphatic hydroxyl groups excluding tert-OH is 3. The van der Waals surface area contributed by atoms with Crippen LogP contribution in [0.2, 0.25) is 0 Å². The van der Waals surface area contributed by atoms with E-state index in [1.165, 1.54) is 18.7 Å². The van der Waals surface area contributed by atoms with Gasteiger partial charge in [-0.2, -0.15) is 0 Å². The highest BCUT2D eigenvalue weighted by Gasteiger charge is 2.40. The van der Waals surface area contributed by atoms with E-state index in [0.29, 0.717) is 44.1 Å². The zero-order valence-corrected chi connectivity index (χ0v) is 66.0. The Balaban J connectivity index is 1.17. The zero-order valence-electron chi connectivity index (χ0n) is 66.0. The van der Waals surface area contributed by atoms with E-state index in [0.717, 1.165) is 80.7 Å². The number of aliphatic hydroxyl groups is 3. The lowest BCUT2D eigenvalue weighted by molar-refractivity contribution is -0.142. The third-order valence-electron chi connectivity index (χ3n) is 19.3. The van der Waals surface area contributed by atoms with Crippen molar-refractivity contribution in [3.63, 3.8) is 0 Å². The van der Waals surface area contributed by atoms with E-state index in [9.17, 15) is 92.3 Å². The first-order chi connectivity index (χ1) is 53.1. The molecule has 0 radical (unpaired) electrons. The number of hydrogen-bond donors (Lipinski definition) is 17. The van der Waals surface area contributed by atoms with E-state index in [1.54, 1.807) is 84.1 Å². The standard InChI is InChI=1S/C79H122N14O19/c1-46(2)37-57(72(104)87-60(42-65(81)99)71(103)83-53(44-94)40-51-27-20-19-21-28-51)88-78(110)69(50(8)97)92-75(107)62(45-95)84-66(100)32-22-17-15-13-11-9-10-12-14-16-18-23-33-67(101)93-36-26-31-63(93)76(108)85-56(34-35-64(80)98)70(102)86-59(39-48(5)6)74(106)91-68(49(7)96)77(109)89-58(38-47(3)4)73(105)90-61(79(111)112)41-52-43-82-55-30-25-24-29-54(52)55/h19-21,24-25,27-30,43-44,46-50,53,56-63,68-69,82,95-97H,9-18,22-23,26,31-42,45H2,1-8H3,(H2,80,98)(H2,81,99)(H,83,103)(H,84,100)(H,85,108)(H,86,102)(H,87,104)(H,88,110)(H,89,109)(H,90,105)(H,91,106)(H,92,107)(H,111,112)/t49-,50?,53+,56+,57+,58+,59+,60+,61+,62+,63+,68+,69+/m1/s1. The molecule has 4 rings (SSSR count). The molecule has 1 aliphatic rings. The molecular formula is C79H122N14O19. The molecule has 1 unspecified atom stereocenters. The molecule has 13 amide bonds. The van der Waals surface area contributed by atoms with Crippen LogP contribution in [-0.2, 0) is 84.8 Å². The maximum atomic E-state index is 14.2. The second-order valence-corrected chi connectivity index (χ2v) is 30.5. The van der Waals surface area contributed by atoms with E-state index in [1.807, 2.05) is 18.2 Å². The summed E-state index contributed by atoms with van der Waals surface area (Å²) >= 11 is 0. The van der Waals surface area contributed by atoms with Gasteiger partial charge in [0.25, 0.3) is 0 Å². The number of unbranched alkanes of at least 4 members (excludes halogenated alkanes) is 11. The first-order valence-electron chi connectivity index (χ1n) is 39.3. The smallest absolute Gasteiger partial charge is 0.326 e. The van der Waals surface area contributed by atoms with Gasteiger partial charge in [-0.3, -0.25) is 62.3 Å². The Hall–Kier alpha value is -9.89. The Morgan fingerprint density at radius 3 is 1.42 bits per heavy atom. The van der Waals surface area contributed by atoms with Crippen LogP contribution >= 0.6 is 0 Å². The van der Waals surface area contributed by atoms with Crippen LogP contribution in [0.25, 0.3) is 10.9 Å². The summed E-state index contributed by atoms with van der Waals surface area (Å²) in [6.45, 7) is 12.5. The van der Waals surface area contributed by atoms with Gasteiger partial charge in [0, 0.05) is 49.3 Å². The number of carbonyl (C=O) groups excluding carboxylic acids is 14. The first-order valence-corrected chi connectivity index (χ1v) is 39.3. The van der Waals surface area contributed by atoms with E-state index in [2.05, 4.69) is 58.2 Å². The highest BCUT2D eigenvalue weighted by molar-refractivity contribution is 5.99. The van der Waals surface area contributed by atoms with Crippen molar-refractivity contribution in [1.29, 1.82) is 0 Å². The van der Waals surface area contributed by atoms with Crippen LogP contribution < -0.4 is 64.6 Å². The van der Waals surface area contributed by atoms with Crippen LogP contribution in [0.15, 0.2) is 60.8 Å². The molecule has 1 aromatic heterocycles. The molecule has 33 nitrogen and oxygen atoms in total. The number of para-hydroxylation sites is 1. The highest BCUT2D eigenvalue weighted by atomic mass is 16.4. The monoisotopic (exact) mass is 1570 g/mol. The number of hydrogen-bond acceptors (Lipinski definition) is 18. The van der Waals surface area contributed by atoms with Crippen molar-refractivity contribution in [2.75, 3.05) is 13.2 Å². The molecule has 13 atom stereocenters. The topological polar surface area (TPSA) is 528 Å². The molecule has 622 valence electrons. The Kier molecular flexibility index (Phi) is 41.7. The van der Waals surface area contributed by atoms with Crippen molar-refractivity contribution >= 4 is 100.0 Å². The number of nitrogens with zero attached hydrogens (tertiary/aromatic N) is 1. The molecule has 112 heavy (non-hydrogen) atoms. The van der Waals surface area contributed by atoms with Crippen LogP contribution in [0.1, 0.15) is 208 Å². The van der Waals surface area contributed by atoms with Crippen LogP contribution in [0.3, 0.4) is 0 Å².